The van der Waals surface area contributed by atoms with E-state index in [-0.39, 0.29) is 11.9 Å². The first-order chi connectivity index (χ1) is 10.8. The summed E-state index contributed by atoms with van der Waals surface area (Å²) in [6, 6.07) is 4.43. The Bertz CT molecular complexity index is 497. The number of carbonyl (C=O) groups is 1. The Labute approximate surface area is 132 Å². The Morgan fingerprint density at radius 1 is 1.32 bits per heavy atom. The average Bonchev–Trinajstić information content (AvgIpc) is 3.05. The predicted octanol–water partition coefficient (Wildman–Crippen LogP) is 1.99. The molecule has 22 heavy (non-hydrogen) atoms. The first kappa shape index (κ1) is 15.4. The molecule has 0 saturated carbocycles. The van der Waals surface area contributed by atoms with Gasteiger partial charge in [-0.2, -0.15) is 0 Å². The van der Waals surface area contributed by atoms with Crippen LogP contribution in [0.3, 0.4) is 0 Å². The Hall–Kier alpha value is -1.46. The van der Waals surface area contributed by atoms with E-state index in [0.29, 0.717) is 6.42 Å². The lowest BCUT2D eigenvalue weighted by molar-refractivity contribution is -0.131. The van der Waals surface area contributed by atoms with Crippen LogP contribution < -0.4 is 0 Å². The van der Waals surface area contributed by atoms with Gasteiger partial charge in [0.25, 0.3) is 0 Å². The van der Waals surface area contributed by atoms with Crippen molar-refractivity contribution < 1.29 is 9.53 Å². The van der Waals surface area contributed by atoms with Crippen molar-refractivity contribution in [2.45, 2.75) is 38.8 Å². The lowest BCUT2D eigenvalue weighted by Gasteiger charge is -2.27. The lowest BCUT2D eigenvalue weighted by atomic mass is 10.1. The summed E-state index contributed by atoms with van der Waals surface area (Å²) in [4.78, 5) is 21.0. The summed E-state index contributed by atoms with van der Waals surface area (Å²) < 4.78 is 5.37. The molecule has 0 aromatic carbocycles. The highest BCUT2D eigenvalue weighted by molar-refractivity contribution is 5.76. The molecule has 0 bridgehead atoms. The fourth-order valence-electron chi connectivity index (χ4n) is 3.32. The number of aromatic nitrogens is 1. The third-order valence-electron chi connectivity index (χ3n) is 4.57. The molecule has 120 valence electrons. The fraction of sp³-hybridized carbons (Fsp3) is 0.647. The molecule has 0 spiro atoms. The molecule has 2 saturated heterocycles. The molecule has 0 radical (unpaired) electrons. The topological polar surface area (TPSA) is 45.7 Å². The minimum Gasteiger partial charge on any atom is -0.379 e. The van der Waals surface area contributed by atoms with Gasteiger partial charge in [0, 0.05) is 38.8 Å². The van der Waals surface area contributed by atoms with Gasteiger partial charge in [-0.25, -0.2) is 0 Å². The van der Waals surface area contributed by atoms with Gasteiger partial charge in [0.15, 0.2) is 0 Å². The molecule has 5 nitrogen and oxygen atoms in total. The molecule has 1 amide bonds. The number of rotatable bonds is 4. The van der Waals surface area contributed by atoms with Crippen LogP contribution >= 0.6 is 0 Å². The SMILES string of the molecule is CCC(=O)N1CCCC1c1ccc(CN2CCOCC2)cn1. The van der Waals surface area contributed by atoms with Gasteiger partial charge in [0.1, 0.15) is 0 Å². The second-order valence-electron chi connectivity index (χ2n) is 6.08. The molecule has 1 aromatic heterocycles. The van der Waals surface area contributed by atoms with Crippen LogP contribution in [0.4, 0.5) is 0 Å². The van der Waals surface area contributed by atoms with Gasteiger partial charge in [-0.3, -0.25) is 14.7 Å². The summed E-state index contributed by atoms with van der Waals surface area (Å²) in [7, 11) is 0. The van der Waals surface area contributed by atoms with Crippen molar-refractivity contribution in [1.29, 1.82) is 0 Å². The largest absolute Gasteiger partial charge is 0.379 e. The third-order valence-corrected chi connectivity index (χ3v) is 4.57. The van der Waals surface area contributed by atoms with E-state index in [0.717, 1.165) is 57.9 Å². The normalized spacial score (nSPS) is 23.0. The van der Waals surface area contributed by atoms with Gasteiger partial charge in [0.2, 0.25) is 5.91 Å². The standard InChI is InChI=1S/C17H25N3O2/c1-2-17(21)20-7-3-4-16(20)15-6-5-14(12-18-15)13-19-8-10-22-11-9-19/h5-6,12,16H,2-4,7-11,13H2,1H3. The van der Waals surface area contributed by atoms with Crippen LogP contribution in [0, 0.1) is 0 Å². The molecule has 0 N–H and O–H groups in total. The number of pyridine rings is 1. The van der Waals surface area contributed by atoms with Crippen LogP contribution in [0.25, 0.3) is 0 Å². The van der Waals surface area contributed by atoms with Crippen molar-refractivity contribution in [3.8, 4) is 0 Å². The first-order valence-electron chi connectivity index (χ1n) is 8.32. The van der Waals surface area contributed by atoms with Crippen molar-refractivity contribution >= 4 is 5.91 Å². The summed E-state index contributed by atoms with van der Waals surface area (Å²) in [6.07, 6.45) is 4.65. The summed E-state index contributed by atoms with van der Waals surface area (Å²) >= 11 is 0. The van der Waals surface area contributed by atoms with E-state index in [9.17, 15) is 4.79 Å². The molecule has 1 aromatic rings. The number of hydrogen-bond acceptors (Lipinski definition) is 4. The molecule has 0 aliphatic carbocycles. The second kappa shape index (κ2) is 7.20. The average molecular weight is 303 g/mol. The molecule has 2 aliphatic rings. The summed E-state index contributed by atoms with van der Waals surface area (Å²) in [5, 5.41) is 0. The number of morpholine rings is 1. The zero-order valence-corrected chi connectivity index (χ0v) is 13.3. The van der Waals surface area contributed by atoms with Crippen molar-refractivity contribution in [3.05, 3.63) is 29.6 Å². The van der Waals surface area contributed by atoms with E-state index < -0.39 is 0 Å². The molecule has 2 fully saturated rings. The van der Waals surface area contributed by atoms with Crippen molar-refractivity contribution in [3.63, 3.8) is 0 Å². The van der Waals surface area contributed by atoms with E-state index in [1.54, 1.807) is 0 Å². The lowest BCUT2D eigenvalue weighted by Crippen LogP contribution is -2.35. The molecular weight excluding hydrogens is 278 g/mol. The molecule has 3 rings (SSSR count). The van der Waals surface area contributed by atoms with E-state index in [2.05, 4.69) is 22.0 Å². The molecule has 1 unspecified atom stereocenters. The Morgan fingerprint density at radius 3 is 2.82 bits per heavy atom. The summed E-state index contributed by atoms with van der Waals surface area (Å²) in [5.74, 6) is 0.238. The summed E-state index contributed by atoms with van der Waals surface area (Å²) in [5.41, 5.74) is 2.27. The number of amides is 1. The van der Waals surface area contributed by atoms with Gasteiger partial charge < -0.3 is 9.64 Å². The number of hydrogen-bond donors (Lipinski definition) is 0. The fourth-order valence-corrected chi connectivity index (χ4v) is 3.32. The number of ether oxygens (including phenoxy) is 1. The minimum atomic E-state index is 0.171. The van der Waals surface area contributed by atoms with Gasteiger partial charge in [-0.05, 0) is 24.5 Å². The van der Waals surface area contributed by atoms with Gasteiger partial charge in [0.05, 0.1) is 24.9 Å². The molecular formula is C17H25N3O2. The van der Waals surface area contributed by atoms with Crippen molar-refractivity contribution in [2.75, 3.05) is 32.8 Å². The zero-order valence-electron chi connectivity index (χ0n) is 13.3. The number of nitrogens with zero attached hydrogens (tertiary/aromatic N) is 3. The first-order valence-corrected chi connectivity index (χ1v) is 8.32. The van der Waals surface area contributed by atoms with Gasteiger partial charge in [-0.1, -0.05) is 13.0 Å². The van der Waals surface area contributed by atoms with Crippen LogP contribution in [0.2, 0.25) is 0 Å². The maximum Gasteiger partial charge on any atom is 0.222 e. The Balaban J connectivity index is 1.64. The minimum absolute atomic E-state index is 0.171. The van der Waals surface area contributed by atoms with Crippen molar-refractivity contribution in [2.24, 2.45) is 0 Å². The highest BCUT2D eigenvalue weighted by Crippen LogP contribution is 2.31. The Morgan fingerprint density at radius 2 is 2.14 bits per heavy atom. The maximum atomic E-state index is 12.0. The van der Waals surface area contributed by atoms with Crippen LogP contribution in [-0.2, 0) is 16.1 Å². The van der Waals surface area contributed by atoms with E-state index in [1.807, 2.05) is 18.0 Å². The van der Waals surface area contributed by atoms with Crippen LogP contribution in [0.1, 0.15) is 43.5 Å². The van der Waals surface area contributed by atoms with Crippen LogP contribution in [0.15, 0.2) is 18.3 Å². The number of carbonyl (C=O) groups excluding carboxylic acids is 1. The second-order valence-corrected chi connectivity index (χ2v) is 6.08. The number of likely N-dealkylation sites (tertiary alicyclic amines) is 1. The summed E-state index contributed by atoms with van der Waals surface area (Å²) in [6.45, 7) is 7.35. The predicted molar refractivity (Wildman–Crippen MR) is 84.3 cm³/mol. The highest BCUT2D eigenvalue weighted by atomic mass is 16.5. The van der Waals surface area contributed by atoms with Crippen molar-refractivity contribution in [1.82, 2.24) is 14.8 Å². The van der Waals surface area contributed by atoms with E-state index in [4.69, 9.17) is 4.74 Å². The Kier molecular flexibility index (Phi) is 5.05. The highest BCUT2D eigenvalue weighted by Gasteiger charge is 2.29. The molecule has 2 aliphatic heterocycles. The van der Waals surface area contributed by atoms with E-state index in [1.165, 1.54) is 5.56 Å². The van der Waals surface area contributed by atoms with Crippen LogP contribution in [-0.4, -0.2) is 53.5 Å². The maximum absolute atomic E-state index is 12.0. The van der Waals surface area contributed by atoms with Crippen LogP contribution in [0.5, 0.6) is 0 Å². The monoisotopic (exact) mass is 303 g/mol. The molecule has 1 atom stereocenters. The molecule has 5 heteroatoms. The zero-order chi connectivity index (χ0) is 15.4. The van der Waals surface area contributed by atoms with Gasteiger partial charge in [-0.15, -0.1) is 0 Å². The smallest absolute Gasteiger partial charge is 0.222 e. The third kappa shape index (κ3) is 3.47. The quantitative estimate of drug-likeness (QED) is 0.853. The van der Waals surface area contributed by atoms with Gasteiger partial charge >= 0.3 is 0 Å². The molecule has 3 heterocycles. The van der Waals surface area contributed by atoms with E-state index >= 15 is 0 Å².